The Kier molecular flexibility index (Phi) is 5.34. The fourth-order valence-corrected chi connectivity index (χ4v) is 4.16. The largest absolute Gasteiger partial charge is 0.455 e. The van der Waals surface area contributed by atoms with Crippen LogP contribution in [-0.2, 0) is 0 Å². The number of nitrogens with zero attached hydrogens (tertiary/aromatic N) is 2. The van der Waals surface area contributed by atoms with Crippen LogP contribution in [-0.4, -0.2) is 40.4 Å². The molecule has 2 aromatic carbocycles. The number of aromatic nitrogens is 2. The zero-order valence-corrected chi connectivity index (χ0v) is 17.7. The van der Waals surface area contributed by atoms with Crippen LogP contribution in [0.4, 0.5) is 8.78 Å². The normalized spacial score (nSPS) is 19.8. The van der Waals surface area contributed by atoms with Crippen LogP contribution in [0.25, 0.3) is 22.0 Å². The van der Waals surface area contributed by atoms with Gasteiger partial charge in [-0.25, -0.2) is 13.8 Å². The summed E-state index contributed by atoms with van der Waals surface area (Å²) in [5, 5.41) is 3.76. The van der Waals surface area contributed by atoms with Gasteiger partial charge in [0.2, 0.25) is 17.3 Å². The molecule has 7 heteroatoms. The molecule has 4 aromatic rings. The van der Waals surface area contributed by atoms with Crippen molar-refractivity contribution in [1.29, 1.82) is 0 Å². The first-order valence-corrected chi connectivity index (χ1v) is 10.7. The van der Waals surface area contributed by atoms with E-state index in [0.717, 1.165) is 5.39 Å². The highest BCUT2D eigenvalue weighted by Gasteiger charge is 2.63. The van der Waals surface area contributed by atoms with Gasteiger partial charge in [-0.3, -0.25) is 9.78 Å². The third-order valence-corrected chi connectivity index (χ3v) is 5.91. The molecule has 2 aromatic heterocycles. The summed E-state index contributed by atoms with van der Waals surface area (Å²) in [5.41, 5.74) is -0.780. The van der Waals surface area contributed by atoms with Gasteiger partial charge in [-0.15, -0.1) is 0 Å². The van der Waals surface area contributed by atoms with Gasteiger partial charge in [0, 0.05) is 42.7 Å². The first-order chi connectivity index (χ1) is 16.0. The number of piperidine rings is 1. The molecule has 1 N–H and O–H groups in total. The number of fused-ring (bicyclic) bond motifs is 1. The van der Waals surface area contributed by atoms with Gasteiger partial charge < -0.3 is 10.1 Å². The summed E-state index contributed by atoms with van der Waals surface area (Å²) < 4.78 is 37.0. The molecule has 1 aliphatic heterocycles. The Bertz CT molecular complexity index is 1310. The number of alkyl halides is 2. The lowest BCUT2D eigenvalue weighted by molar-refractivity contribution is -0.155. The molecule has 5 rings (SSSR count). The summed E-state index contributed by atoms with van der Waals surface area (Å²) in [6, 6.07) is 23.0. The minimum atomic E-state index is -3.44. The van der Waals surface area contributed by atoms with Crippen LogP contribution < -0.4 is 10.1 Å². The average molecular weight is 445 g/mol. The topological polar surface area (TPSA) is 64.1 Å². The van der Waals surface area contributed by atoms with Crippen molar-refractivity contribution in [2.45, 2.75) is 17.9 Å². The smallest absolute Gasteiger partial charge is 0.297 e. The monoisotopic (exact) mass is 445 g/mol. The number of hydrogen-bond donors (Lipinski definition) is 1. The Labute approximate surface area is 189 Å². The summed E-state index contributed by atoms with van der Waals surface area (Å²) in [6.07, 6.45) is 0.885. The van der Waals surface area contributed by atoms with Gasteiger partial charge in [0.25, 0.3) is 5.92 Å². The molecule has 33 heavy (non-hydrogen) atoms. The molecular formula is C26H21F2N3O2. The molecule has 0 bridgehead atoms. The van der Waals surface area contributed by atoms with E-state index < -0.39 is 23.7 Å². The number of carbonyl (C=O) groups excluding carboxylic acids is 1. The van der Waals surface area contributed by atoms with Gasteiger partial charge in [0.1, 0.15) is 5.69 Å². The van der Waals surface area contributed by atoms with Gasteiger partial charge >= 0.3 is 0 Å². The van der Waals surface area contributed by atoms with E-state index >= 15 is 8.78 Å². The van der Waals surface area contributed by atoms with Gasteiger partial charge in [-0.1, -0.05) is 54.6 Å². The Morgan fingerprint density at radius 1 is 0.939 bits per heavy atom. The van der Waals surface area contributed by atoms with Gasteiger partial charge in [0.05, 0.1) is 5.52 Å². The number of halogens is 2. The molecule has 5 nitrogen and oxygen atoms in total. The van der Waals surface area contributed by atoms with E-state index in [9.17, 15) is 4.79 Å². The third-order valence-electron chi connectivity index (χ3n) is 5.91. The second-order valence-electron chi connectivity index (χ2n) is 8.00. The van der Waals surface area contributed by atoms with Crippen LogP contribution in [0.5, 0.6) is 5.88 Å². The van der Waals surface area contributed by atoms with Crippen molar-refractivity contribution >= 4 is 16.7 Å². The summed E-state index contributed by atoms with van der Waals surface area (Å²) in [4.78, 5) is 22.5. The van der Waals surface area contributed by atoms with Crippen molar-refractivity contribution in [3.05, 3.63) is 90.8 Å². The molecule has 1 aliphatic rings. The minimum absolute atomic E-state index is 0.0392. The molecule has 1 fully saturated rings. The fraction of sp³-hybridized carbons (Fsp3) is 0.192. The van der Waals surface area contributed by atoms with Crippen LogP contribution in [0.1, 0.15) is 16.9 Å². The fourth-order valence-electron chi connectivity index (χ4n) is 4.16. The summed E-state index contributed by atoms with van der Waals surface area (Å²) in [6.45, 7) is -0.289. The lowest BCUT2D eigenvalue weighted by Crippen LogP contribution is -2.67. The molecular weight excluding hydrogens is 424 g/mol. The van der Waals surface area contributed by atoms with Crippen molar-refractivity contribution in [3.8, 4) is 17.0 Å². The number of nitrogens with one attached hydrogen (secondary N) is 1. The molecule has 0 aliphatic carbocycles. The first-order valence-electron chi connectivity index (χ1n) is 10.7. The van der Waals surface area contributed by atoms with E-state index in [-0.39, 0.29) is 24.7 Å². The van der Waals surface area contributed by atoms with Gasteiger partial charge in [0.15, 0.2) is 0 Å². The van der Waals surface area contributed by atoms with Crippen LogP contribution in [0.2, 0.25) is 0 Å². The maximum absolute atomic E-state index is 15.6. The van der Waals surface area contributed by atoms with Crippen LogP contribution in [0.15, 0.2) is 85.1 Å². The van der Waals surface area contributed by atoms with Crippen molar-refractivity contribution in [2.24, 2.45) is 0 Å². The maximum Gasteiger partial charge on any atom is 0.297 e. The molecule has 0 radical (unpaired) electrons. The molecule has 1 saturated heterocycles. The number of ether oxygens (including phenoxy) is 1. The standard InChI is InChI=1S/C26H21F2N3O2/c27-26(28)14-16-29-17-25(26,33-22-13-12-19-9-4-5-11-21(19)31-22)24(32)23-20(10-6-15-30-23)18-7-2-1-3-8-18/h1-13,15,29H,14,16-17H2/t25-/m0/s1. The van der Waals surface area contributed by atoms with E-state index in [1.807, 2.05) is 42.5 Å². The Hall–Kier alpha value is -3.71. The van der Waals surface area contributed by atoms with Crippen LogP contribution >= 0.6 is 0 Å². The van der Waals surface area contributed by atoms with E-state index in [4.69, 9.17) is 4.74 Å². The van der Waals surface area contributed by atoms with Gasteiger partial charge in [-0.05, 0) is 23.8 Å². The number of ketones is 1. The highest BCUT2D eigenvalue weighted by Crippen LogP contribution is 2.41. The number of benzene rings is 2. The number of pyridine rings is 2. The highest BCUT2D eigenvalue weighted by atomic mass is 19.3. The lowest BCUT2D eigenvalue weighted by Gasteiger charge is -2.42. The van der Waals surface area contributed by atoms with E-state index in [0.29, 0.717) is 16.6 Å². The predicted octanol–water partition coefficient (Wildman–Crippen LogP) is 4.93. The second-order valence-corrected chi connectivity index (χ2v) is 8.00. The molecule has 0 unspecified atom stereocenters. The summed E-state index contributed by atoms with van der Waals surface area (Å²) >= 11 is 0. The molecule has 0 spiro atoms. The summed E-state index contributed by atoms with van der Waals surface area (Å²) in [7, 11) is 0. The number of Topliss-reactive ketones (excluding diaryl/α,β-unsaturated/α-hetero) is 1. The van der Waals surface area contributed by atoms with Gasteiger partial charge in [-0.2, -0.15) is 0 Å². The number of hydrogen-bond acceptors (Lipinski definition) is 5. The average Bonchev–Trinajstić information content (AvgIpc) is 2.85. The van der Waals surface area contributed by atoms with Crippen LogP contribution in [0, 0.1) is 0 Å². The quantitative estimate of drug-likeness (QED) is 0.442. The Morgan fingerprint density at radius 3 is 2.55 bits per heavy atom. The van der Waals surface area contributed by atoms with E-state index in [1.165, 1.54) is 12.3 Å². The SMILES string of the molecule is O=C(c1ncccc1-c1ccccc1)[C@@]1(Oc2ccc3ccccc3n2)CNCCC1(F)F. The Morgan fingerprint density at radius 2 is 1.73 bits per heavy atom. The predicted molar refractivity (Wildman–Crippen MR) is 122 cm³/mol. The molecule has 0 saturated carbocycles. The van der Waals surface area contributed by atoms with Crippen molar-refractivity contribution in [1.82, 2.24) is 15.3 Å². The number of rotatable bonds is 5. The molecule has 1 atom stereocenters. The minimum Gasteiger partial charge on any atom is -0.455 e. The van der Waals surface area contributed by atoms with Crippen molar-refractivity contribution < 1.29 is 18.3 Å². The van der Waals surface area contributed by atoms with Crippen LogP contribution in [0.3, 0.4) is 0 Å². The lowest BCUT2D eigenvalue weighted by atomic mass is 9.82. The highest BCUT2D eigenvalue weighted by molar-refractivity contribution is 6.07. The molecule has 0 amide bonds. The van der Waals surface area contributed by atoms with Crippen molar-refractivity contribution in [2.75, 3.05) is 13.1 Å². The number of carbonyl (C=O) groups is 1. The summed E-state index contributed by atoms with van der Waals surface area (Å²) in [5.74, 6) is -4.36. The third kappa shape index (κ3) is 3.74. The van der Waals surface area contributed by atoms with E-state index in [1.54, 1.807) is 30.3 Å². The maximum atomic E-state index is 15.6. The zero-order chi connectivity index (χ0) is 22.9. The Balaban J connectivity index is 1.63. The first kappa shape index (κ1) is 21.2. The molecule has 166 valence electrons. The molecule has 3 heterocycles. The van der Waals surface area contributed by atoms with E-state index in [2.05, 4.69) is 15.3 Å². The van der Waals surface area contributed by atoms with Crippen molar-refractivity contribution in [3.63, 3.8) is 0 Å². The zero-order valence-electron chi connectivity index (χ0n) is 17.7. The number of para-hydroxylation sites is 1. The second kappa shape index (κ2) is 8.33.